The number of hydrogen-bond acceptors (Lipinski definition) is 3. The molecule has 0 aliphatic rings. The van der Waals surface area contributed by atoms with Crippen molar-refractivity contribution in [1.29, 1.82) is 0 Å². The van der Waals surface area contributed by atoms with Gasteiger partial charge < -0.3 is 0 Å². The van der Waals surface area contributed by atoms with Crippen LogP contribution in [0.4, 0.5) is 4.39 Å². The van der Waals surface area contributed by atoms with E-state index in [1.54, 1.807) is 12.1 Å². The number of benzene rings is 2. The number of halogens is 1. The van der Waals surface area contributed by atoms with E-state index < -0.39 is 0 Å². The van der Waals surface area contributed by atoms with Gasteiger partial charge in [0, 0.05) is 0 Å². The van der Waals surface area contributed by atoms with E-state index in [4.69, 9.17) is 4.74 Å². The first kappa shape index (κ1) is 16.9. The van der Waals surface area contributed by atoms with Crippen molar-refractivity contribution in [3.05, 3.63) is 71.7 Å². The summed E-state index contributed by atoms with van der Waals surface area (Å²) in [6.45, 7) is 3.07. The van der Waals surface area contributed by atoms with Crippen LogP contribution in [0, 0.1) is 5.82 Å². The van der Waals surface area contributed by atoms with Crippen LogP contribution in [0.15, 0.2) is 54.6 Å². The van der Waals surface area contributed by atoms with Gasteiger partial charge in [-0.1, -0.05) is 0 Å². The third-order valence-corrected chi connectivity index (χ3v) is 4.61. The third-order valence-electron chi connectivity index (χ3n) is 3.50. The molecule has 1 heterocycles. The molecule has 0 fully saturated rings. The SMILES string of the molecule is CCO[C](=[W])c1nnn(Cc2ccc(F)cc2)c1-c1ccccc1. The van der Waals surface area contributed by atoms with Crippen LogP contribution in [0.1, 0.15) is 18.2 Å². The van der Waals surface area contributed by atoms with E-state index in [0.29, 0.717) is 13.2 Å². The molecule has 0 aliphatic heterocycles. The van der Waals surface area contributed by atoms with E-state index in [-0.39, 0.29) is 5.82 Å². The zero-order valence-electron chi connectivity index (χ0n) is 13.1. The summed E-state index contributed by atoms with van der Waals surface area (Å²) in [5, 5.41) is 8.62. The molecule has 0 radical (unpaired) electrons. The van der Waals surface area contributed by atoms with Gasteiger partial charge in [0.25, 0.3) is 0 Å². The summed E-state index contributed by atoms with van der Waals surface area (Å²) >= 11 is 1.21. The van der Waals surface area contributed by atoms with Gasteiger partial charge in [-0.05, 0) is 0 Å². The van der Waals surface area contributed by atoms with E-state index in [2.05, 4.69) is 10.3 Å². The minimum atomic E-state index is -0.245. The third kappa shape index (κ3) is 3.74. The van der Waals surface area contributed by atoms with Gasteiger partial charge in [0.05, 0.1) is 0 Å². The molecule has 6 heteroatoms. The van der Waals surface area contributed by atoms with E-state index in [1.165, 1.54) is 31.5 Å². The monoisotopic (exact) mass is 493 g/mol. The van der Waals surface area contributed by atoms with Gasteiger partial charge in [0.15, 0.2) is 0 Å². The minimum absolute atomic E-state index is 0.245. The van der Waals surface area contributed by atoms with Gasteiger partial charge in [0.1, 0.15) is 0 Å². The number of rotatable bonds is 6. The molecule has 0 N–H and O–H groups in total. The molecule has 0 unspecified atom stereocenters. The first-order valence-corrected chi connectivity index (χ1v) is 9.06. The summed E-state index contributed by atoms with van der Waals surface area (Å²) in [5.74, 6) is -0.245. The van der Waals surface area contributed by atoms with Crippen LogP contribution >= 0.6 is 0 Å². The van der Waals surface area contributed by atoms with Crippen molar-refractivity contribution in [1.82, 2.24) is 15.0 Å². The van der Waals surface area contributed by atoms with Crippen LogP contribution < -0.4 is 0 Å². The molecule has 122 valence electrons. The molecular weight excluding hydrogens is 477 g/mol. The molecule has 3 aromatic rings. The molecule has 24 heavy (non-hydrogen) atoms. The van der Waals surface area contributed by atoms with E-state index in [0.717, 1.165) is 26.6 Å². The second-order valence-electron chi connectivity index (χ2n) is 5.16. The second kappa shape index (κ2) is 7.73. The molecule has 0 aliphatic carbocycles. The molecule has 2 aromatic carbocycles. The van der Waals surface area contributed by atoms with Crippen LogP contribution in [0.3, 0.4) is 0 Å². The van der Waals surface area contributed by atoms with Crippen molar-refractivity contribution in [3.63, 3.8) is 0 Å². The zero-order valence-corrected chi connectivity index (χ0v) is 16.1. The maximum atomic E-state index is 13.1. The number of ether oxygens (including phenoxy) is 1. The summed E-state index contributed by atoms with van der Waals surface area (Å²) in [6, 6.07) is 16.4. The average molecular weight is 493 g/mol. The molecule has 0 spiro atoms. The van der Waals surface area contributed by atoms with Crippen LogP contribution in [0.2, 0.25) is 0 Å². The summed E-state index contributed by atoms with van der Waals surface area (Å²) in [4.78, 5) is 0. The molecule has 0 saturated heterocycles. The molecule has 0 saturated carbocycles. The Morgan fingerprint density at radius 3 is 2.50 bits per heavy atom. The molecular formula is C18H16FN3OW. The van der Waals surface area contributed by atoms with Crippen LogP contribution in [0.25, 0.3) is 11.3 Å². The van der Waals surface area contributed by atoms with Gasteiger partial charge in [-0.2, -0.15) is 0 Å². The standard InChI is InChI=1S/C18H16FN3O.W/c1-2-23-13-17-18(15-6-4-3-5-7-15)22(21-20-17)12-14-8-10-16(19)11-9-14;/h3-11H,2,12H2,1H3;. The Morgan fingerprint density at radius 1 is 1.12 bits per heavy atom. The summed E-state index contributed by atoms with van der Waals surface area (Å²) in [7, 11) is 0. The predicted octanol–water partition coefficient (Wildman–Crippen LogP) is 3.19. The molecule has 0 bridgehead atoms. The van der Waals surface area contributed by atoms with E-state index in [9.17, 15) is 4.39 Å². The first-order chi connectivity index (χ1) is 11.7. The van der Waals surface area contributed by atoms with Crippen molar-refractivity contribution in [3.8, 4) is 11.3 Å². The fraction of sp³-hybridized carbons (Fsp3) is 0.167. The van der Waals surface area contributed by atoms with Crippen LogP contribution in [-0.2, 0) is 30.6 Å². The van der Waals surface area contributed by atoms with Crippen LogP contribution in [-0.4, -0.2) is 25.7 Å². The van der Waals surface area contributed by atoms with Gasteiger partial charge >= 0.3 is 151 Å². The molecule has 1 aromatic heterocycles. The number of nitrogens with zero attached hydrogens (tertiary/aromatic N) is 3. The second-order valence-corrected chi connectivity index (χ2v) is 6.49. The van der Waals surface area contributed by atoms with Crippen molar-refractivity contribution in [2.45, 2.75) is 13.5 Å². The Kier molecular flexibility index (Phi) is 5.44. The van der Waals surface area contributed by atoms with Gasteiger partial charge in [-0.25, -0.2) is 0 Å². The Balaban J connectivity index is 2.02. The summed E-state index contributed by atoms with van der Waals surface area (Å²) in [5.41, 5.74) is 3.67. The predicted molar refractivity (Wildman–Crippen MR) is 86.7 cm³/mol. The Labute approximate surface area is 150 Å². The summed E-state index contributed by atoms with van der Waals surface area (Å²) < 4.78 is 21.4. The van der Waals surface area contributed by atoms with E-state index in [1.807, 2.05) is 41.9 Å². The van der Waals surface area contributed by atoms with Gasteiger partial charge in [-0.3, -0.25) is 0 Å². The van der Waals surface area contributed by atoms with E-state index >= 15 is 0 Å². The quantitative estimate of drug-likeness (QED) is 0.530. The average Bonchev–Trinajstić information content (AvgIpc) is 3.01. The maximum absolute atomic E-state index is 13.1. The summed E-state index contributed by atoms with van der Waals surface area (Å²) in [6.07, 6.45) is 0. The fourth-order valence-electron chi connectivity index (χ4n) is 2.41. The molecule has 0 amide bonds. The Bertz CT molecular complexity index is 831. The Morgan fingerprint density at radius 2 is 1.83 bits per heavy atom. The number of aromatic nitrogens is 3. The topological polar surface area (TPSA) is 39.9 Å². The first-order valence-electron chi connectivity index (χ1n) is 7.59. The van der Waals surface area contributed by atoms with Gasteiger partial charge in [-0.15, -0.1) is 0 Å². The van der Waals surface area contributed by atoms with Crippen LogP contribution in [0.5, 0.6) is 0 Å². The normalized spacial score (nSPS) is 10.8. The fourth-order valence-corrected chi connectivity index (χ4v) is 3.32. The zero-order chi connectivity index (χ0) is 16.9. The Hall–Kier alpha value is -1.97. The van der Waals surface area contributed by atoms with Crippen molar-refractivity contribution < 1.29 is 28.5 Å². The van der Waals surface area contributed by atoms with Gasteiger partial charge in [0.2, 0.25) is 0 Å². The molecule has 0 atom stereocenters. The van der Waals surface area contributed by atoms with Crippen molar-refractivity contribution >= 4 is 4.08 Å². The van der Waals surface area contributed by atoms with Crippen molar-refractivity contribution in [2.75, 3.05) is 6.61 Å². The number of hydrogen-bond donors (Lipinski definition) is 0. The molecule has 3 rings (SSSR count). The van der Waals surface area contributed by atoms with Crippen molar-refractivity contribution in [2.24, 2.45) is 0 Å². The molecule has 4 nitrogen and oxygen atoms in total.